The normalized spacial score (nSPS) is 24.2. The van der Waals surface area contributed by atoms with E-state index in [0.29, 0.717) is 12.1 Å². The van der Waals surface area contributed by atoms with Crippen LogP contribution in [0.2, 0.25) is 0 Å². The van der Waals surface area contributed by atoms with Crippen molar-refractivity contribution in [3.05, 3.63) is 12.0 Å². The molecule has 0 spiro atoms. The minimum Gasteiger partial charge on any atom is -0.432 e. The van der Waals surface area contributed by atoms with E-state index in [2.05, 4.69) is 49.8 Å². The summed E-state index contributed by atoms with van der Waals surface area (Å²) in [5.74, 6) is 0. The number of aromatic nitrogens is 1. The summed E-state index contributed by atoms with van der Waals surface area (Å²) in [5, 5.41) is 3.44. The van der Waals surface area contributed by atoms with Crippen molar-refractivity contribution in [1.29, 1.82) is 0 Å². The van der Waals surface area contributed by atoms with E-state index in [1.54, 1.807) is 6.26 Å². The van der Waals surface area contributed by atoms with Crippen molar-refractivity contribution in [3.8, 4) is 0 Å². The van der Waals surface area contributed by atoms with Gasteiger partial charge in [-0.15, -0.1) is 0 Å². The highest BCUT2D eigenvalue weighted by Gasteiger charge is 2.32. The molecule has 2 atom stereocenters. The van der Waals surface area contributed by atoms with Crippen LogP contribution < -0.4 is 10.2 Å². The minimum atomic E-state index is 0.103. The van der Waals surface area contributed by atoms with E-state index < -0.39 is 0 Å². The van der Waals surface area contributed by atoms with Gasteiger partial charge in [0.05, 0.1) is 5.69 Å². The highest BCUT2D eigenvalue weighted by molar-refractivity contribution is 5.33. The molecule has 1 aliphatic rings. The van der Waals surface area contributed by atoms with Crippen LogP contribution in [-0.4, -0.2) is 22.6 Å². The summed E-state index contributed by atoms with van der Waals surface area (Å²) >= 11 is 0. The van der Waals surface area contributed by atoms with Gasteiger partial charge in [0.25, 0.3) is 6.01 Å². The molecule has 4 heteroatoms. The van der Waals surface area contributed by atoms with E-state index >= 15 is 0 Å². The highest BCUT2D eigenvalue weighted by Crippen LogP contribution is 2.31. The van der Waals surface area contributed by atoms with Gasteiger partial charge in [-0.2, -0.15) is 4.98 Å². The first kappa shape index (κ1) is 14.4. The summed E-state index contributed by atoms with van der Waals surface area (Å²) in [5.41, 5.74) is 1.09. The van der Waals surface area contributed by atoms with Gasteiger partial charge < -0.3 is 14.6 Å². The second-order valence-corrected chi connectivity index (χ2v) is 6.62. The Kier molecular flexibility index (Phi) is 4.19. The lowest BCUT2D eigenvalue weighted by atomic mass is 10.1. The van der Waals surface area contributed by atoms with E-state index in [-0.39, 0.29) is 5.54 Å². The highest BCUT2D eigenvalue weighted by atomic mass is 16.4. The zero-order chi connectivity index (χ0) is 14.0. The predicted molar refractivity (Wildman–Crippen MR) is 78.3 cm³/mol. The Labute approximate surface area is 116 Å². The summed E-state index contributed by atoms with van der Waals surface area (Å²) in [4.78, 5) is 6.99. The van der Waals surface area contributed by atoms with Gasteiger partial charge in [-0.05, 0) is 47.0 Å². The quantitative estimate of drug-likeness (QED) is 0.906. The Balaban J connectivity index is 2.04. The Morgan fingerprint density at radius 1 is 1.42 bits per heavy atom. The maximum atomic E-state index is 5.69. The van der Waals surface area contributed by atoms with Crippen LogP contribution in [0.5, 0.6) is 0 Å². The van der Waals surface area contributed by atoms with Crippen molar-refractivity contribution in [2.45, 2.75) is 78.0 Å². The Morgan fingerprint density at radius 2 is 2.16 bits per heavy atom. The lowest BCUT2D eigenvalue weighted by Crippen LogP contribution is -2.35. The second-order valence-electron chi connectivity index (χ2n) is 6.62. The monoisotopic (exact) mass is 265 g/mol. The summed E-state index contributed by atoms with van der Waals surface area (Å²) in [6.07, 6.45) is 5.42. The molecule has 0 aliphatic carbocycles. The molecule has 1 fully saturated rings. The SMILES string of the molecule is CCC1CCC(C)N1c1nc(CNC(C)(C)C)co1. The number of hydrogen-bond donors (Lipinski definition) is 1. The molecule has 1 aromatic heterocycles. The van der Waals surface area contributed by atoms with Gasteiger partial charge in [0.1, 0.15) is 6.26 Å². The number of hydrogen-bond acceptors (Lipinski definition) is 4. The number of rotatable bonds is 4. The third kappa shape index (κ3) is 3.50. The zero-order valence-corrected chi connectivity index (χ0v) is 12.9. The first-order valence-electron chi connectivity index (χ1n) is 7.38. The lowest BCUT2D eigenvalue weighted by molar-refractivity contribution is 0.421. The third-order valence-electron chi connectivity index (χ3n) is 3.82. The van der Waals surface area contributed by atoms with Crippen molar-refractivity contribution in [1.82, 2.24) is 10.3 Å². The van der Waals surface area contributed by atoms with Gasteiger partial charge in [0, 0.05) is 24.2 Å². The topological polar surface area (TPSA) is 41.3 Å². The van der Waals surface area contributed by atoms with Gasteiger partial charge in [0.15, 0.2) is 0 Å². The van der Waals surface area contributed by atoms with Gasteiger partial charge in [-0.1, -0.05) is 6.92 Å². The molecular weight excluding hydrogens is 238 g/mol. The van der Waals surface area contributed by atoms with Crippen LogP contribution in [0, 0.1) is 0 Å². The predicted octanol–water partition coefficient (Wildman–Crippen LogP) is 3.33. The minimum absolute atomic E-state index is 0.103. The van der Waals surface area contributed by atoms with Crippen molar-refractivity contribution in [2.75, 3.05) is 4.90 Å². The van der Waals surface area contributed by atoms with E-state index in [9.17, 15) is 0 Å². The molecule has 1 aromatic rings. The molecular formula is C15H27N3O. The number of oxazole rings is 1. The van der Waals surface area contributed by atoms with Crippen molar-refractivity contribution in [3.63, 3.8) is 0 Å². The number of nitrogens with one attached hydrogen (secondary N) is 1. The molecule has 0 bridgehead atoms. The smallest absolute Gasteiger partial charge is 0.297 e. The zero-order valence-electron chi connectivity index (χ0n) is 12.9. The third-order valence-corrected chi connectivity index (χ3v) is 3.82. The van der Waals surface area contributed by atoms with Gasteiger partial charge in [-0.3, -0.25) is 0 Å². The molecule has 2 rings (SSSR count). The van der Waals surface area contributed by atoms with Crippen LogP contribution in [0.25, 0.3) is 0 Å². The van der Waals surface area contributed by atoms with Crippen LogP contribution in [0.3, 0.4) is 0 Å². The molecule has 2 unspecified atom stereocenters. The van der Waals surface area contributed by atoms with Crippen LogP contribution in [0.15, 0.2) is 10.7 Å². The maximum Gasteiger partial charge on any atom is 0.297 e. The Hall–Kier alpha value is -1.03. The largest absolute Gasteiger partial charge is 0.432 e. The van der Waals surface area contributed by atoms with Crippen LogP contribution in [0.4, 0.5) is 6.01 Å². The van der Waals surface area contributed by atoms with E-state index in [0.717, 1.165) is 24.7 Å². The van der Waals surface area contributed by atoms with E-state index in [1.165, 1.54) is 12.8 Å². The average molecular weight is 265 g/mol. The van der Waals surface area contributed by atoms with Crippen molar-refractivity contribution in [2.24, 2.45) is 0 Å². The van der Waals surface area contributed by atoms with Crippen LogP contribution in [0.1, 0.15) is 59.6 Å². The van der Waals surface area contributed by atoms with Crippen LogP contribution in [-0.2, 0) is 6.54 Å². The molecule has 0 saturated carbocycles. The molecule has 2 heterocycles. The fourth-order valence-corrected chi connectivity index (χ4v) is 2.67. The summed E-state index contributed by atoms with van der Waals surface area (Å²) in [7, 11) is 0. The molecule has 1 aliphatic heterocycles. The average Bonchev–Trinajstić information content (AvgIpc) is 2.91. The van der Waals surface area contributed by atoms with E-state index in [1.807, 2.05) is 0 Å². The molecule has 4 nitrogen and oxygen atoms in total. The van der Waals surface area contributed by atoms with Gasteiger partial charge >= 0.3 is 0 Å². The number of anilines is 1. The molecule has 108 valence electrons. The number of nitrogens with zero attached hydrogens (tertiary/aromatic N) is 2. The molecule has 0 radical (unpaired) electrons. The van der Waals surface area contributed by atoms with Gasteiger partial charge in [-0.25, -0.2) is 0 Å². The second kappa shape index (κ2) is 5.53. The lowest BCUT2D eigenvalue weighted by Gasteiger charge is -2.25. The Morgan fingerprint density at radius 3 is 2.79 bits per heavy atom. The van der Waals surface area contributed by atoms with Crippen molar-refractivity contribution >= 4 is 6.01 Å². The summed E-state index contributed by atoms with van der Waals surface area (Å²) in [6.45, 7) is 11.7. The van der Waals surface area contributed by atoms with Crippen molar-refractivity contribution < 1.29 is 4.42 Å². The fourth-order valence-electron chi connectivity index (χ4n) is 2.67. The summed E-state index contributed by atoms with van der Waals surface area (Å²) in [6, 6.07) is 1.91. The molecule has 0 amide bonds. The molecule has 1 N–H and O–H groups in total. The first-order valence-corrected chi connectivity index (χ1v) is 7.38. The Bertz CT molecular complexity index is 408. The van der Waals surface area contributed by atoms with Crippen LogP contribution >= 0.6 is 0 Å². The fraction of sp³-hybridized carbons (Fsp3) is 0.800. The molecule has 19 heavy (non-hydrogen) atoms. The maximum absolute atomic E-state index is 5.69. The van der Waals surface area contributed by atoms with E-state index in [4.69, 9.17) is 4.42 Å². The summed E-state index contributed by atoms with van der Waals surface area (Å²) < 4.78 is 5.69. The van der Waals surface area contributed by atoms with Gasteiger partial charge in [0.2, 0.25) is 0 Å². The standard InChI is InChI=1S/C15H27N3O/c1-6-13-8-7-11(2)18(13)14-17-12(10-19-14)9-16-15(3,4)5/h10-11,13,16H,6-9H2,1-5H3. The molecule has 0 aromatic carbocycles. The molecule has 1 saturated heterocycles. The first-order chi connectivity index (χ1) is 8.90.